The highest BCUT2D eigenvalue weighted by atomic mass is 16.6. The van der Waals surface area contributed by atoms with Gasteiger partial charge in [-0.25, -0.2) is 0 Å². The van der Waals surface area contributed by atoms with Crippen molar-refractivity contribution in [3.63, 3.8) is 0 Å². The molecular formula is C15H19NO5. The highest BCUT2D eigenvalue weighted by molar-refractivity contribution is 5.91. The first-order chi connectivity index (χ1) is 9.68. The van der Waals surface area contributed by atoms with E-state index in [2.05, 4.69) is 0 Å². The minimum Gasteiger partial charge on any atom is -0.469 e. The first-order valence-electron chi connectivity index (χ1n) is 6.53. The van der Waals surface area contributed by atoms with E-state index in [1.807, 2.05) is 0 Å². The molecule has 1 atom stereocenters. The summed E-state index contributed by atoms with van der Waals surface area (Å²) in [4.78, 5) is 34.7. The van der Waals surface area contributed by atoms with Gasteiger partial charge in [-0.2, -0.15) is 0 Å². The predicted octanol–water partition coefficient (Wildman–Crippen LogP) is 2.86. The number of hydrogen-bond acceptors (Lipinski definition) is 5. The van der Waals surface area contributed by atoms with E-state index in [0.717, 1.165) is 0 Å². The summed E-state index contributed by atoms with van der Waals surface area (Å²) < 4.78 is 4.70. The quantitative estimate of drug-likeness (QED) is 0.473. The summed E-state index contributed by atoms with van der Waals surface area (Å²) in [5.74, 6) is -1.78. The fourth-order valence-electron chi connectivity index (χ4n) is 1.90. The number of carbonyl (C=O) groups is 2. The van der Waals surface area contributed by atoms with Gasteiger partial charge in [0.2, 0.25) is 0 Å². The normalized spacial score (nSPS) is 12.6. The maximum absolute atomic E-state index is 12.2. The molecule has 1 rings (SSSR count). The number of nitro groups is 1. The Morgan fingerprint density at radius 3 is 2.33 bits per heavy atom. The molecule has 1 aromatic carbocycles. The molecule has 0 saturated heterocycles. The van der Waals surface area contributed by atoms with Gasteiger partial charge in [-0.05, 0) is 0 Å². The second-order valence-electron chi connectivity index (χ2n) is 5.77. The van der Waals surface area contributed by atoms with Crippen LogP contribution in [0.4, 0.5) is 5.69 Å². The molecule has 0 aliphatic carbocycles. The molecule has 0 aliphatic rings. The molecular weight excluding hydrogens is 274 g/mol. The number of ketones is 1. The lowest BCUT2D eigenvalue weighted by atomic mass is 9.82. The Bertz CT molecular complexity index is 559. The maximum atomic E-state index is 12.2. The van der Waals surface area contributed by atoms with Crippen molar-refractivity contribution in [2.24, 2.45) is 5.41 Å². The Morgan fingerprint density at radius 1 is 1.29 bits per heavy atom. The van der Waals surface area contributed by atoms with Crippen molar-refractivity contribution < 1.29 is 19.2 Å². The molecule has 0 aromatic heterocycles. The summed E-state index contributed by atoms with van der Waals surface area (Å²) in [6, 6.07) is 5.91. The number of nitro benzene ring substituents is 1. The van der Waals surface area contributed by atoms with Crippen molar-refractivity contribution >= 4 is 17.4 Å². The fourth-order valence-corrected chi connectivity index (χ4v) is 1.90. The second kappa shape index (κ2) is 6.47. The smallest absolute Gasteiger partial charge is 0.313 e. The lowest BCUT2D eigenvalue weighted by Gasteiger charge is -2.20. The number of Topliss-reactive ketones (excluding diaryl/α,β-unsaturated/α-hetero) is 1. The molecule has 21 heavy (non-hydrogen) atoms. The minimum atomic E-state index is -0.969. The summed E-state index contributed by atoms with van der Waals surface area (Å²) in [6.45, 7) is 5.22. The lowest BCUT2D eigenvalue weighted by molar-refractivity contribution is -0.385. The SMILES string of the molecule is COC(=O)[C@H](CC(=O)C(C)(C)C)c1ccccc1[N+](=O)[O-]. The zero-order chi connectivity index (χ0) is 16.2. The van der Waals surface area contributed by atoms with Gasteiger partial charge in [-0.15, -0.1) is 0 Å². The Balaban J connectivity index is 3.25. The number of hydrogen-bond donors (Lipinski definition) is 0. The largest absolute Gasteiger partial charge is 0.469 e. The van der Waals surface area contributed by atoms with Crippen molar-refractivity contribution in [2.75, 3.05) is 7.11 Å². The third-order valence-corrected chi connectivity index (χ3v) is 3.22. The summed E-state index contributed by atoms with van der Waals surface area (Å²) in [6.07, 6.45) is -0.124. The zero-order valence-electron chi connectivity index (χ0n) is 12.6. The van der Waals surface area contributed by atoms with Gasteiger partial charge in [0.05, 0.1) is 18.0 Å². The Morgan fingerprint density at radius 2 is 1.86 bits per heavy atom. The summed E-state index contributed by atoms with van der Waals surface area (Å²) >= 11 is 0. The Labute approximate surface area is 123 Å². The van der Waals surface area contributed by atoms with Gasteiger partial charge in [0.1, 0.15) is 5.78 Å². The standard InChI is InChI=1S/C15H19NO5/c1-15(2,3)13(17)9-11(14(18)21-4)10-7-5-6-8-12(10)16(19)20/h5-8,11H,9H2,1-4H3/t11-/m1/s1. The van der Waals surface area contributed by atoms with Gasteiger partial charge in [-0.3, -0.25) is 19.7 Å². The maximum Gasteiger partial charge on any atom is 0.313 e. The second-order valence-corrected chi connectivity index (χ2v) is 5.77. The first kappa shape index (κ1) is 16.8. The van der Waals surface area contributed by atoms with Crippen LogP contribution in [-0.4, -0.2) is 23.8 Å². The van der Waals surface area contributed by atoms with Crippen molar-refractivity contribution in [2.45, 2.75) is 33.1 Å². The summed E-state index contributed by atoms with van der Waals surface area (Å²) in [7, 11) is 1.20. The van der Waals surface area contributed by atoms with E-state index in [9.17, 15) is 19.7 Å². The van der Waals surface area contributed by atoms with E-state index < -0.39 is 22.2 Å². The van der Waals surface area contributed by atoms with Crippen LogP contribution in [0.5, 0.6) is 0 Å². The van der Waals surface area contributed by atoms with Gasteiger partial charge >= 0.3 is 5.97 Å². The topological polar surface area (TPSA) is 86.5 Å². The van der Waals surface area contributed by atoms with Gasteiger partial charge in [-0.1, -0.05) is 39.0 Å². The number of ether oxygens (including phenoxy) is 1. The summed E-state index contributed by atoms with van der Waals surface area (Å²) in [5, 5.41) is 11.1. The molecule has 0 radical (unpaired) electrons. The van der Waals surface area contributed by atoms with Crippen LogP contribution in [0.3, 0.4) is 0 Å². The van der Waals surface area contributed by atoms with Crippen LogP contribution in [-0.2, 0) is 14.3 Å². The average molecular weight is 293 g/mol. The Kier molecular flexibility index (Phi) is 5.18. The van der Waals surface area contributed by atoms with E-state index in [4.69, 9.17) is 4.74 Å². The number of para-hydroxylation sites is 1. The molecule has 0 heterocycles. The van der Waals surface area contributed by atoms with Crippen LogP contribution < -0.4 is 0 Å². The van der Waals surface area contributed by atoms with E-state index in [1.165, 1.54) is 25.3 Å². The number of rotatable bonds is 5. The molecule has 114 valence electrons. The molecule has 0 amide bonds. The number of methoxy groups -OCH3 is 1. The lowest BCUT2D eigenvalue weighted by Crippen LogP contribution is -2.26. The molecule has 0 N–H and O–H groups in total. The minimum absolute atomic E-state index is 0.124. The molecule has 6 heteroatoms. The number of carbonyl (C=O) groups excluding carboxylic acids is 2. The van der Waals surface area contributed by atoms with Gasteiger partial charge < -0.3 is 4.74 Å². The fraction of sp³-hybridized carbons (Fsp3) is 0.467. The number of benzene rings is 1. The molecule has 0 bridgehead atoms. The molecule has 0 aliphatic heterocycles. The first-order valence-corrected chi connectivity index (χ1v) is 6.53. The van der Waals surface area contributed by atoms with Crippen LogP contribution in [0.15, 0.2) is 24.3 Å². The monoisotopic (exact) mass is 293 g/mol. The van der Waals surface area contributed by atoms with Crippen LogP contribution >= 0.6 is 0 Å². The average Bonchev–Trinajstić information content (AvgIpc) is 2.42. The zero-order valence-corrected chi connectivity index (χ0v) is 12.6. The highest BCUT2D eigenvalue weighted by Gasteiger charge is 2.33. The van der Waals surface area contributed by atoms with E-state index in [1.54, 1.807) is 26.8 Å². The third kappa shape index (κ3) is 4.11. The molecule has 1 aromatic rings. The molecule has 0 unspecified atom stereocenters. The van der Waals surface area contributed by atoms with Crippen LogP contribution in [0.25, 0.3) is 0 Å². The van der Waals surface area contributed by atoms with Crippen LogP contribution in [0.1, 0.15) is 38.7 Å². The van der Waals surface area contributed by atoms with Gasteiger partial charge in [0.15, 0.2) is 0 Å². The number of nitrogens with zero attached hydrogens (tertiary/aromatic N) is 1. The summed E-state index contributed by atoms with van der Waals surface area (Å²) in [5.41, 5.74) is -0.614. The van der Waals surface area contributed by atoms with Crippen molar-refractivity contribution in [1.82, 2.24) is 0 Å². The number of esters is 1. The molecule has 0 saturated carbocycles. The molecule has 0 spiro atoms. The Hall–Kier alpha value is -2.24. The van der Waals surface area contributed by atoms with Crippen LogP contribution in [0.2, 0.25) is 0 Å². The van der Waals surface area contributed by atoms with Crippen molar-refractivity contribution in [3.05, 3.63) is 39.9 Å². The van der Waals surface area contributed by atoms with Gasteiger partial charge in [0, 0.05) is 23.5 Å². The van der Waals surface area contributed by atoms with E-state index in [0.29, 0.717) is 0 Å². The molecule has 0 fully saturated rings. The van der Waals surface area contributed by atoms with Crippen molar-refractivity contribution in [1.29, 1.82) is 0 Å². The van der Waals surface area contributed by atoms with Crippen LogP contribution in [0, 0.1) is 15.5 Å². The third-order valence-electron chi connectivity index (χ3n) is 3.22. The van der Waals surface area contributed by atoms with Gasteiger partial charge in [0.25, 0.3) is 5.69 Å². The predicted molar refractivity (Wildman–Crippen MR) is 76.9 cm³/mol. The van der Waals surface area contributed by atoms with E-state index >= 15 is 0 Å². The highest BCUT2D eigenvalue weighted by Crippen LogP contribution is 2.32. The molecule has 6 nitrogen and oxygen atoms in total. The van der Waals surface area contributed by atoms with Crippen molar-refractivity contribution in [3.8, 4) is 0 Å². The van der Waals surface area contributed by atoms with E-state index in [-0.39, 0.29) is 23.5 Å².